The standard InChI is InChI=1S/C20H20ClN3O4/c1-2-23-16-5-3-4-6-17(16)24(20(23)27)12-11-19(26)28-13-18(25)22-15-9-7-14(21)8-10-15/h3-10H,2,11-13H2,1H3,(H,22,25). The number of benzene rings is 2. The number of carbonyl (C=O) groups is 2. The van der Waals surface area contributed by atoms with Crippen molar-refractivity contribution in [2.24, 2.45) is 0 Å². The lowest BCUT2D eigenvalue weighted by molar-refractivity contribution is -0.147. The van der Waals surface area contributed by atoms with E-state index in [4.69, 9.17) is 16.3 Å². The fourth-order valence-corrected chi connectivity index (χ4v) is 3.07. The van der Waals surface area contributed by atoms with Gasteiger partial charge in [-0.1, -0.05) is 23.7 Å². The molecule has 1 heterocycles. The molecule has 0 aliphatic rings. The normalized spacial score (nSPS) is 10.8. The summed E-state index contributed by atoms with van der Waals surface area (Å²) in [5.74, 6) is -0.998. The van der Waals surface area contributed by atoms with Crippen LogP contribution in [0.1, 0.15) is 13.3 Å². The maximum atomic E-state index is 12.5. The molecule has 0 aliphatic heterocycles. The molecule has 0 bridgehead atoms. The lowest BCUT2D eigenvalue weighted by Gasteiger charge is -2.07. The van der Waals surface area contributed by atoms with E-state index in [-0.39, 0.29) is 18.7 Å². The second-order valence-electron chi connectivity index (χ2n) is 6.13. The van der Waals surface area contributed by atoms with Crippen LogP contribution >= 0.6 is 11.6 Å². The maximum absolute atomic E-state index is 12.5. The van der Waals surface area contributed by atoms with Crippen molar-refractivity contribution in [3.63, 3.8) is 0 Å². The highest BCUT2D eigenvalue weighted by Gasteiger charge is 2.14. The lowest BCUT2D eigenvalue weighted by atomic mass is 10.3. The molecule has 3 rings (SSSR count). The maximum Gasteiger partial charge on any atom is 0.329 e. The van der Waals surface area contributed by atoms with E-state index in [1.165, 1.54) is 0 Å². The Balaban J connectivity index is 1.55. The molecule has 0 aliphatic carbocycles. The fraction of sp³-hybridized carbons (Fsp3) is 0.250. The Morgan fingerprint density at radius 1 is 1.04 bits per heavy atom. The number of aromatic nitrogens is 2. The average molecular weight is 402 g/mol. The molecular weight excluding hydrogens is 382 g/mol. The van der Waals surface area contributed by atoms with Crippen molar-refractivity contribution in [3.8, 4) is 0 Å². The number of esters is 1. The van der Waals surface area contributed by atoms with Crippen LogP contribution in [0.2, 0.25) is 5.02 Å². The smallest absolute Gasteiger partial charge is 0.329 e. The summed E-state index contributed by atoms with van der Waals surface area (Å²) < 4.78 is 8.21. The molecule has 1 amide bonds. The Bertz CT molecular complexity index is 1050. The molecule has 146 valence electrons. The van der Waals surface area contributed by atoms with Crippen LogP contribution in [0.5, 0.6) is 0 Å². The fourth-order valence-electron chi connectivity index (χ4n) is 2.95. The first-order valence-corrected chi connectivity index (χ1v) is 9.26. The summed E-state index contributed by atoms with van der Waals surface area (Å²) in [5.41, 5.74) is 1.98. The molecule has 8 heteroatoms. The molecular formula is C20H20ClN3O4. The van der Waals surface area contributed by atoms with Gasteiger partial charge in [0.1, 0.15) is 0 Å². The number of rotatable bonds is 7. The summed E-state index contributed by atoms with van der Waals surface area (Å²) in [6.45, 7) is 2.23. The highest BCUT2D eigenvalue weighted by Crippen LogP contribution is 2.14. The second-order valence-corrected chi connectivity index (χ2v) is 6.57. The number of nitrogens with one attached hydrogen (secondary N) is 1. The number of anilines is 1. The van der Waals surface area contributed by atoms with Crippen molar-refractivity contribution in [3.05, 3.63) is 64.0 Å². The number of halogens is 1. The van der Waals surface area contributed by atoms with Crippen molar-refractivity contribution in [1.82, 2.24) is 9.13 Å². The van der Waals surface area contributed by atoms with Crippen molar-refractivity contribution < 1.29 is 14.3 Å². The molecule has 1 aromatic heterocycles. The molecule has 0 radical (unpaired) electrons. The van der Waals surface area contributed by atoms with Gasteiger partial charge in [-0.25, -0.2) is 4.79 Å². The van der Waals surface area contributed by atoms with Gasteiger partial charge in [-0.15, -0.1) is 0 Å². The van der Waals surface area contributed by atoms with Gasteiger partial charge >= 0.3 is 11.7 Å². The van der Waals surface area contributed by atoms with Crippen LogP contribution in [0.15, 0.2) is 53.3 Å². The van der Waals surface area contributed by atoms with Gasteiger partial charge < -0.3 is 10.1 Å². The molecule has 0 unspecified atom stereocenters. The molecule has 28 heavy (non-hydrogen) atoms. The minimum atomic E-state index is -0.550. The predicted octanol–water partition coefficient (Wildman–Crippen LogP) is 3.05. The van der Waals surface area contributed by atoms with Crippen LogP contribution in [-0.2, 0) is 27.4 Å². The Hall–Kier alpha value is -3.06. The molecule has 0 saturated heterocycles. The first-order valence-electron chi connectivity index (χ1n) is 8.88. The number of carbonyl (C=O) groups excluding carboxylic acids is 2. The number of hydrogen-bond donors (Lipinski definition) is 1. The molecule has 7 nitrogen and oxygen atoms in total. The van der Waals surface area contributed by atoms with Gasteiger partial charge in [0.2, 0.25) is 0 Å². The molecule has 0 spiro atoms. The largest absolute Gasteiger partial charge is 0.456 e. The zero-order valence-electron chi connectivity index (χ0n) is 15.4. The minimum Gasteiger partial charge on any atom is -0.456 e. The zero-order chi connectivity index (χ0) is 20.1. The number of nitrogens with zero attached hydrogens (tertiary/aromatic N) is 2. The van der Waals surface area contributed by atoms with Gasteiger partial charge in [-0.2, -0.15) is 0 Å². The monoisotopic (exact) mass is 401 g/mol. The Morgan fingerprint density at radius 3 is 2.32 bits per heavy atom. The third kappa shape index (κ3) is 4.43. The van der Waals surface area contributed by atoms with Crippen molar-refractivity contribution >= 4 is 40.2 Å². The topological polar surface area (TPSA) is 82.3 Å². The van der Waals surface area contributed by atoms with E-state index in [2.05, 4.69) is 5.32 Å². The van der Waals surface area contributed by atoms with E-state index >= 15 is 0 Å². The summed E-state index contributed by atoms with van der Waals surface area (Å²) in [7, 11) is 0. The lowest BCUT2D eigenvalue weighted by Crippen LogP contribution is -2.26. The van der Waals surface area contributed by atoms with Gasteiger partial charge in [-0.3, -0.25) is 18.7 Å². The highest BCUT2D eigenvalue weighted by atomic mass is 35.5. The number of aryl methyl sites for hydroxylation is 2. The quantitative estimate of drug-likeness (QED) is 0.617. The average Bonchev–Trinajstić information content (AvgIpc) is 2.97. The van der Waals surface area contributed by atoms with Crippen LogP contribution < -0.4 is 11.0 Å². The number of imidazole rings is 1. The van der Waals surface area contributed by atoms with E-state index in [9.17, 15) is 14.4 Å². The second kappa shape index (κ2) is 8.75. The molecule has 0 atom stereocenters. The van der Waals surface area contributed by atoms with E-state index in [1.807, 2.05) is 31.2 Å². The minimum absolute atomic E-state index is 0.00808. The predicted molar refractivity (Wildman–Crippen MR) is 108 cm³/mol. The number of hydrogen-bond acceptors (Lipinski definition) is 4. The van der Waals surface area contributed by atoms with Crippen LogP contribution in [0.4, 0.5) is 5.69 Å². The molecule has 2 aromatic carbocycles. The van der Waals surface area contributed by atoms with Gasteiger partial charge in [-0.05, 0) is 43.3 Å². The first kappa shape index (κ1) is 19.7. The van der Waals surface area contributed by atoms with Crippen LogP contribution in [0, 0.1) is 0 Å². The molecule has 0 fully saturated rings. The Labute approximate surface area is 166 Å². The SMILES string of the molecule is CCn1c(=O)n(CCC(=O)OCC(=O)Nc2ccc(Cl)cc2)c2ccccc21. The zero-order valence-corrected chi connectivity index (χ0v) is 16.1. The van der Waals surface area contributed by atoms with Gasteiger partial charge in [0.05, 0.1) is 17.5 Å². The summed E-state index contributed by atoms with van der Waals surface area (Å²) in [6.07, 6.45) is -0.00808. The van der Waals surface area contributed by atoms with E-state index in [0.717, 1.165) is 11.0 Å². The molecule has 0 saturated carbocycles. The van der Waals surface area contributed by atoms with Crippen LogP contribution in [0.3, 0.4) is 0 Å². The summed E-state index contributed by atoms with van der Waals surface area (Å²) in [5, 5.41) is 3.17. The summed E-state index contributed by atoms with van der Waals surface area (Å²) in [4.78, 5) is 36.4. The number of ether oxygens (including phenoxy) is 1. The third-order valence-electron chi connectivity index (χ3n) is 4.27. The van der Waals surface area contributed by atoms with Gasteiger partial charge in [0, 0.05) is 23.8 Å². The Morgan fingerprint density at radius 2 is 1.68 bits per heavy atom. The number of amides is 1. The van der Waals surface area contributed by atoms with E-state index < -0.39 is 18.5 Å². The summed E-state index contributed by atoms with van der Waals surface area (Å²) >= 11 is 5.79. The Kier molecular flexibility index (Phi) is 6.16. The number of fused-ring (bicyclic) bond motifs is 1. The number of para-hydroxylation sites is 2. The highest BCUT2D eigenvalue weighted by molar-refractivity contribution is 6.30. The van der Waals surface area contributed by atoms with Gasteiger partial charge in [0.25, 0.3) is 5.91 Å². The van der Waals surface area contributed by atoms with Crippen LogP contribution in [0.25, 0.3) is 11.0 Å². The van der Waals surface area contributed by atoms with Crippen molar-refractivity contribution in [2.45, 2.75) is 26.4 Å². The third-order valence-corrected chi connectivity index (χ3v) is 4.53. The van der Waals surface area contributed by atoms with E-state index in [0.29, 0.717) is 17.3 Å². The van der Waals surface area contributed by atoms with Crippen LogP contribution in [-0.4, -0.2) is 27.6 Å². The first-order chi connectivity index (χ1) is 13.5. The summed E-state index contributed by atoms with van der Waals surface area (Å²) in [6, 6.07) is 14.0. The van der Waals surface area contributed by atoms with Crippen molar-refractivity contribution in [2.75, 3.05) is 11.9 Å². The van der Waals surface area contributed by atoms with Gasteiger partial charge in [0.15, 0.2) is 6.61 Å². The molecule has 1 N–H and O–H groups in total. The van der Waals surface area contributed by atoms with E-state index in [1.54, 1.807) is 33.4 Å². The van der Waals surface area contributed by atoms with Crippen molar-refractivity contribution in [1.29, 1.82) is 0 Å². The molecule has 3 aromatic rings.